The first-order chi connectivity index (χ1) is 7.27. The van der Waals surface area contributed by atoms with Crippen LogP contribution in [0, 0.1) is 5.82 Å². The van der Waals surface area contributed by atoms with Crippen molar-refractivity contribution in [3.05, 3.63) is 41.4 Å². The van der Waals surface area contributed by atoms with E-state index in [4.69, 9.17) is 0 Å². The normalized spacial score (nSPS) is 9.93. The second kappa shape index (κ2) is 4.14. The van der Waals surface area contributed by atoms with E-state index >= 15 is 0 Å². The molecule has 0 aliphatic carbocycles. The lowest BCUT2D eigenvalue weighted by Gasteiger charge is -2.01. The van der Waals surface area contributed by atoms with Crippen LogP contribution in [-0.4, -0.2) is 15.9 Å². The number of carbonyl (C=O) groups excluding carboxylic acids is 1. The summed E-state index contributed by atoms with van der Waals surface area (Å²) in [5.74, 6) is -1.17. The molecular weight excluding hydrogens is 217 g/mol. The zero-order chi connectivity index (χ0) is 10.7. The summed E-state index contributed by atoms with van der Waals surface area (Å²) in [5, 5.41) is 4.64. The van der Waals surface area contributed by atoms with Gasteiger partial charge in [-0.3, -0.25) is 15.1 Å². The predicted octanol–water partition coefficient (Wildman–Crippen LogP) is 1.93. The van der Waals surface area contributed by atoms with E-state index in [1.165, 1.54) is 23.6 Å². The number of hydrogen-bond acceptors (Lipinski definition) is 4. The minimum absolute atomic E-state index is 0.0415. The van der Waals surface area contributed by atoms with Gasteiger partial charge in [-0.1, -0.05) is 0 Å². The molecule has 0 aliphatic rings. The van der Waals surface area contributed by atoms with Crippen LogP contribution >= 0.6 is 11.3 Å². The van der Waals surface area contributed by atoms with Crippen LogP contribution in [0.3, 0.4) is 0 Å². The van der Waals surface area contributed by atoms with Crippen LogP contribution in [0.25, 0.3) is 0 Å². The Morgan fingerprint density at radius 1 is 1.47 bits per heavy atom. The highest BCUT2D eigenvalue weighted by molar-refractivity contribution is 7.13. The van der Waals surface area contributed by atoms with Gasteiger partial charge in [-0.25, -0.2) is 9.37 Å². The van der Waals surface area contributed by atoms with Crippen LogP contribution in [-0.2, 0) is 0 Å². The highest BCUT2D eigenvalue weighted by atomic mass is 32.1. The molecule has 2 rings (SSSR count). The molecule has 15 heavy (non-hydrogen) atoms. The van der Waals surface area contributed by atoms with Gasteiger partial charge in [-0.2, -0.15) is 0 Å². The molecule has 0 aromatic carbocycles. The van der Waals surface area contributed by atoms with Crippen molar-refractivity contribution in [2.75, 3.05) is 5.32 Å². The summed E-state index contributed by atoms with van der Waals surface area (Å²) < 4.78 is 13.1. The summed E-state index contributed by atoms with van der Waals surface area (Å²) in [7, 11) is 0. The number of nitrogens with one attached hydrogen (secondary N) is 1. The molecule has 0 saturated heterocycles. The maximum absolute atomic E-state index is 13.1. The molecule has 0 fully saturated rings. The van der Waals surface area contributed by atoms with Gasteiger partial charge in [0.15, 0.2) is 10.9 Å². The monoisotopic (exact) mass is 223 g/mol. The Hall–Kier alpha value is -1.82. The number of rotatable bonds is 2. The van der Waals surface area contributed by atoms with E-state index in [0.29, 0.717) is 5.13 Å². The van der Waals surface area contributed by atoms with Gasteiger partial charge in [0.2, 0.25) is 0 Å². The lowest BCUT2D eigenvalue weighted by molar-refractivity contribution is 0.102. The molecule has 2 heterocycles. The Labute approximate surface area is 88.8 Å². The molecule has 0 aliphatic heterocycles. The first kappa shape index (κ1) is 9.72. The third-order valence-corrected chi connectivity index (χ3v) is 2.36. The lowest BCUT2D eigenvalue weighted by atomic mass is 10.2. The van der Waals surface area contributed by atoms with E-state index in [2.05, 4.69) is 15.3 Å². The molecule has 0 radical (unpaired) electrons. The van der Waals surface area contributed by atoms with Gasteiger partial charge in [0, 0.05) is 17.8 Å². The maximum atomic E-state index is 13.1. The molecule has 1 amide bonds. The molecule has 0 atom stereocenters. The zero-order valence-electron chi connectivity index (χ0n) is 7.48. The van der Waals surface area contributed by atoms with Gasteiger partial charge >= 0.3 is 0 Å². The molecule has 0 saturated carbocycles. The summed E-state index contributed by atoms with van der Waals surface area (Å²) in [5.41, 5.74) is -0.0415. The van der Waals surface area contributed by atoms with Crippen LogP contribution in [0.15, 0.2) is 30.0 Å². The molecule has 2 aromatic heterocycles. The van der Waals surface area contributed by atoms with Crippen LogP contribution in [0.5, 0.6) is 0 Å². The molecule has 0 bridgehead atoms. The van der Waals surface area contributed by atoms with Crippen molar-refractivity contribution in [2.24, 2.45) is 0 Å². The van der Waals surface area contributed by atoms with Gasteiger partial charge in [0.25, 0.3) is 5.91 Å². The summed E-state index contributed by atoms with van der Waals surface area (Å²) in [6, 6.07) is 1.32. The Bertz CT molecular complexity index is 472. The number of halogens is 1. The van der Waals surface area contributed by atoms with E-state index in [-0.39, 0.29) is 5.56 Å². The molecule has 76 valence electrons. The smallest absolute Gasteiger partial charge is 0.260 e. The minimum Gasteiger partial charge on any atom is -0.298 e. The van der Waals surface area contributed by atoms with Crippen molar-refractivity contribution in [1.29, 1.82) is 0 Å². The molecule has 0 spiro atoms. The average molecular weight is 223 g/mol. The van der Waals surface area contributed by atoms with Gasteiger partial charge < -0.3 is 0 Å². The summed E-state index contributed by atoms with van der Waals surface area (Å²) in [6.07, 6.45) is 3.92. The third-order valence-electron chi connectivity index (χ3n) is 1.67. The maximum Gasteiger partial charge on any atom is 0.260 e. The molecule has 4 nitrogen and oxygen atoms in total. The molecule has 1 N–H and O–H groups in total. The van der Waals surface area contributed by atoms with Gasteiger partial charge in [-0.15, -0.1) is 11.3 Å². The number of aromatic nitrogens is 2. The van der Waals surface area contributed by atoms with Crippen molar-refractivity contribution in [3.63, 3.8) is 0 Å². The summed E-state index contributed by atoms with van der Waals surface area (Å²) in [4.78, 5) is 18.9. The van der Waals surface area contributed by atoms with Gasteiger partial charge in [0.1, 0.15) is 0 Å². The SMILES string of the molecule is O=C(Nc1nccs1)c1ccncc1F. The van der Waals surface area contributed by atoms with Crippen LogP contribution in [0.1, 0.15) is 10.4 Å². The fourth-order valence-corrected chi connectivity index (χ4v) is 1.53. The second-order valence-corrected chi connectivity index (χ2v) is 3.54. The summed E-state index contributed by atoms with van der Waals surface area (Å²) in [6.45, 7) is 0. The highest BCUT2D eigenvalue weighted by Crippen LogP contribution is 2.13. The number of pyridine rings is 1. The van der Waals surface area contributed by atoms with E-state index in [9.17, 15) is 9.18 Å². The number of anilines is 1. The topological polar surface area (TPSA) is 54.9 Å². The van der Waals surface area contributed by atoms with E-state index in [1.54, 1.807) is 11.6 Å². The number of nitrogens with zero attached hydrogens (tertiary/aromatic N) is 2. The summed E-state index contributed by atoms with van der Waals surface area (Å²) >= 11 is 1.27. The number of thiazole rings is 1. The van der Waals surface area contributed by atoms with Crippen molar-refractivity contribution in [3.8, 4) is 0 Å². The minimum atomic E-state index is -0.647. The number of hydrogen-bond donors (Lipinski definition) is 1. The van der Waals surface area contributed by atoms with Gasteiger partial charge in [0.05, 0.1) is 11.8 Å². The molecule has 0 unspecified atom stereocenters. The van der Waals surface area contributed by atoms with Crippen molar-refractivity contribution in [2.45, 2.75) is 0 Å². The highest BCUT2D eigenvalue weighted by Gasteiger charge is 2.11. The standard InChI is InChI=1S/C9H6FN3OS/c10-7-5-11-2-1-6(7)8(14)13-9-12-3-4-15-9/h1-5H,(H,12,13,14). The Balaban J connectivity index is 2.19. The predicted molar refractivity (Wildman–Crippen MR) is 54.3 cm³/mol. The van der Waals surface area contributed by atoms with Crippen LogP contribution < -0.4 is 5.32 Å². The third kappa shape index (κ3) is 2.16. The van der Waals surface area contributed by atoms with Gasteiger partial charge in [-0.05, 0) is 6.07 Å². The van der Waals surface area contributed by atoms with E-state index in [1.807, 2.05) is 0 Å². The lowest BCUT2D eigenvalue weighted by Crippen LogP contribution is -2.13. The van der Waals surface area contributed by atoms with Crippen LogP contribution in [0.4, 0.5) is 9.52 Å². The molecule has 6 heteroatoms. The Morgan fingerprint density at radius 3 is 3.00 bits per heavy atom. The fraction of sp³-hybridized carbons (Fsp3) is 0. The molecular formula is C9H6FN3OS. The number of amides is 1. The van der Waals surface area contributed by atoms with Crippen molar-refractivity contribution in [1.82, 2.24) is 9.97 Å². The zero-order valence-corrected chi connectivity index (χ0v) is 8.29. The Kier molecular flexibility index (Phi) is 2.68. The largest absolute Gasteiger partial charge is 0.298 e. The first-order valence-electron chi connectivity index (χ1n) is 4.08. The fourth-order valence-electron chi connectivity index (χ4n) is 1.01. The first-order valence-corrected chi connectivity index (χ1v) is 4.95. The van der Waals surface area contributed by atoms with Crippen molar-refractivity contribution >= 4 is 22.4 Å². The van der Waals surface area contributed by atoms with E-state index < -0.39 is 11.7 Å². The van der Waals surface area contributed by atoms with E-state index in [0.717, 1.165) is 6.20 Å². The van der Waals surface area contributed by atoms with Crippen molar-refractivity contribution < 1.29 is 9.18 Å². The number of carbonyl (C=O) groups is 1. The molecule has 2 aromatic rings. The van der Waals surface area contributed by atoms with Crippen LogP contribution in [0.2, 0.25) is 0 Å². The second-order valence-electron chi connectivity index (χ2n) is 2.65. The quantitative estimate of drug-likeness (QED) is 0.846. The Morgan fingerprint density at radius 2 is 2.33 bits per heavy atom. The average Bonchev–Trinajstić information content (AvgIpc) is 2.71.